The second-order valence-corrected chi connectivity index (χ2v) is 75.8. The van der Waals surface area contributed by atoms with Crippen LogP contribution in [0.3, 0.4) is 0 Å². The molecular weight excluding hydrogens is 630 g/mol. The van der Waals surface area contributed by atoms with Gasteiger partial charge in [-0.25, -0.2) is 0 Å². The number of halogens is 3. The molecule has 6 heteroatoms. The molecule has 0 unspecified atom stereocenters. The molecule has 0 heterocycles. The van der Waals surface area contributed by atoms with Crippen LogP contribution in [0, 0.1) is 5.41 Å². The molecule has 0 aliphatic heterocycles. The van der Waals surface area contributed by atoms with Crippen molar-refractivity contribution in [1.82, 2.24) is 0 Å². The van der Waals surface area contributed by atoms with E-state index in [4.69, 9.17) is 5.41 Å². The van der Waals surface area contributed by atoms with Crippen LogP contribution in [0.1, 0.15) is 0 Å². The Morgan fingerprint density at radius 3 is 1.43 bits per heavy atom. The van der Waals surface area contributed by atoms with E-state index in [2.05, 4.69) is 59.9 Å². The number of nitrogens with two attached hydrogens (primary N) is 1. The molecule has 0 radical (unpaired) electrons. The molecule has 44 valence electrons. The molecule has 0 bridgehead atoms. The zero-order valence-corrected chi connectivity index (χ0v) is 13.2. The normalized spacial score (nSPS) is 6.86. The second kappa shape index (κ2) is 11.4. The van der Waals surface area contributed by atoms with Crippen LogP contribution in [-0.2, 0) is 0 Å². The summed E-state index contributed by atoms with van der Waals surface area (Å²) < 4.78 is 0. The van der Waals surface area contributed by atoms with E-state index in [9.17, 15) is 0 Å². The van der Waals surface area contributed by atoms with E-state index in [0.717, 1.165) is 6.34 Å². The predicted molar refractivity (Wildman–Crippen MR) is 60.8 cm³/mol. The van der Waals surface area contributed by atoms with Gasteiger partial charge in [0.15, 0.2) is 0 Å². The van der Waals surface area contributed by atoms with E-state index >= 15 is 0 Å². The van der Waals surface area contributed by atoms with Crippen molar-refractivity contribution in [3.8, 4) is 0 Å². The summed E-state index contributed by atoms with van der Waals surface area (Å²) >= 11 is 7.56. The number of hydrogen-bond acceptors (Lipinski definition) is 1. The molecule has 0 atom stereocenters. The number of nitrogens with one attached hydrogen (secondary N) is 1. The Kier molecular flexibility index (Phi) is 19.9. The molecule has 0 aromatic heterocycles. The van der Waals surface area contributed by atoms with Crippen LogP contribution in [0.25, 0.3) is 0 Å². The van der Waals surface area contributed by atoms with Crippen LogP contribution >= 0.6 is 54.1 Å². The Labute approximate surface area is 78.6 Å². The van der Waals surface area contributed by atoms with E-state index < -0.39 is 9.18 Å². The first-order valence-corrected chi connectivity index (χ1v) is 30.5. The van der Waals surface area contributed by atoms with Gasteiger partial charge in [0, 0.05) is 0 Å². The van der Waals surface area contributed by atoms with Gasteiger partial charge in [0.25, 0.3) is 0 Å². The molecule has 0 fully saturated rings. The summed E-state index contributed by atoms with van der Waals surface area (Å²) in [5.74, 6) is 0. The Hall–Kier alpha value is 2.54. The summed E-state index contributed by atoms with van der Waals surface area (Å²) in [6, 6.07) is 0. The SMILES string of the molecule is N=CN.[I][Bi]([I])[I]. The minimum absolute atomic E-state index is 0.683. The van der Waals surface area contributed by atoms with Crippen molar-refractivity contribution in [3.05, 3.63) is 0 Å². The van der Waals surface area contributed by atoms with E-state index in [0.29, 0.717) is 0 Å². The van der Waals surface area contributed by atoms with E-state index in [1.54, 1.807) is 0 Å². The molecular formula is CH4BiI3N2. The van der Waals surface area contributed by atoms with Gasteiger partial charge in [-0.1, -0.05) is 0 Å². The molecule has 7 heavy (non-hydrogen) atoms. The Morgan fingerprint density at radius 2 is 1.43 bits per heavy atom. The fourth-order valence-corrected chi connectivity index (χ4v) is 0. The first-order chi connectivity index (χ1) is 3.15. The molecule has 0 amide bonds. The molecule has 0 aromatic rings. The molecule has 0 aliphatic rings. The van der Waals surface area contributed by atoms with Gasteiger partial charge < -0.3 is 5.73 Å². The summed E-state index contributed by atoms with van der Waals surface area (Å²) in [4.78, 5) is 0. The van der Waals surface area contributed by atoms with E-state index in [1.165, 1.54) is 0 Å². The first kappa shape index (κ1) is 12.2. The summed E-state index contributed by atoms with van der Waals surface area (Å²) in [7, 11) is -0.683. The van der Waals surface area contributed by atoms with Crippen LogP contribution in [0.15, 0.2) is 0 Å². The van der Waals surface area contributed by atoms with Crippen LogP contribution < -0.4 is 5.73 Å². The van der Waals surface area contributed by atoms with Gasteiger partial charge in [0.05, 0.1) is 6.34 Å². The van der Waals surface area contributed by atoms with Gasteiger partial charge in [-0.2, -0.15) is 0 Å². The molecule has 0 spiro atoms. The van der Waals surface area contributed by atoms with Crippen molar-refractivity contribution in [2.24, 2.45) is 5.73 Å². The fourth-order valence-electron chi connectivity index (χ4n) is 0. The summed E-state index contributed by atoms with van der Waals surface area (Å²) in [6.07, 6.45) is 0.750. The quantitative estimate of drug-likeness (QED) is 0.182. The van der Waals surface area contributed by atoms with Crippen LogP contribution in [0.5, 0.6) is 0 Å². The molecule has 0 rings (SSSR count). The van der Waals surface area contributed by atoms with Gasteiger partial charge in [0.1, 0.15) is 0 Å². The second-order valence-electron chi connectivity index (χ2n) is 0.358. The zero-order chi connectivity index (χ0) is 6.28. The van der Waals surface area contributed by atoms with Gasteiger partial charge >= 0.3 is 63.3 Å². The molecule has 0 aliphatic carbocycles. The van der Waals surface area contributed by atoms with Crippen LogP contribution in [0.2, 0.25) is 0 Å². The molecule has 0 saturated carbocycles. The number of hydrogen-bond donors (Lipinski definition) is 2. The van der Waals surface area contributed by atoms with Crippen molar-refractivity contribution in [2.45, 2.75) is 0 Å². The third-order valence-corrected chi connectivity index (χ3v) is 0. The number of rotatable bonds is 0. The summed E-state index contributed by atoms with van der Waals surface area (Å²) in [5, 5.41) is 5.86. The molecule has 3 N–H and O–H groups in total. The van der Waals surface area contributed by atoms with Crippen molar-refractivity contribution in [3.63, 3.8) is 0 Å². The predicted octanol–water partition coefficient (Wildman–Crippen LogP) is 1.83. The van der Waals surface area contributed by atoms with Crippen molar-refractivity contribution < 1.29 is 0 Å². The van der Waals surface area contributed by atoms with Gasteiger partial charge in [-0.05, 0) is 0 Å². The Balaban J connectivity index is 0. The van der Waals surface area contributed by atoms with Gasteiger partial charge in [-0.15, -0.1) is 0 Å². The van der Waals surface area contributed by atoms with Crippen LogP contribution in [0.4, 0.5) is 0 Å². The minimum atomic E-state index is -0.683. The standard InChI is InChI=1S/CH4N2.Bi.3HI/c2-1-3;;;;/h1H,(H3,2,3);;3*1H/q;+3;;;/p-3. The monoisotopic (exact) mass is 634 g/mol. The van der Waals surface area contributed by atoms with Crippen molar-refractivity contribution in [2.75, 3.05) is 0 Å². The van der Waals surface area contributed by atoms with E-state index in [1.807, 2.05) is 0 Å². The van der Waals surface area contributed by atoms with Crippen molar-refractivity contribution >= 4 is 69.7 Å². The molecule has 2 nitrogen and oxygen atoms in total. The maximum absolute atomic E-state index is 5.86. The third-order valence-electron chi connectivity index (χ3n) is 0. The summed E-state index contributed by atoms with van der Waals surface area (Å²) in [5.41, 5.74) is 4.39. The Bertz CT molecular complexity index is 37.2. The van der Waals surface area contributed by atoms with Gasteiger partial charge in [0.2, 0.25) is 0 Å². The van der Waals surface area contributed by atoms with Gasteiger partial charge in [-0.3, -0.25) is 5.41 Å². The van der Waals surface area contributed by atoms with Crippen molar-refractivity contribution in [1.29, 1.82) is 5.41 Å². The Morgan fingerprint density at radius 1 is 1.43 bits per heavy atom. The fraction of sp³-hybridized carbons (Fsp3) is 0. The molecule has 0 aromatic carbocycles. The maximum atomic E-state index is 5.86. The van der Waals surface area contributed by atoms with Crippen LogP contribution in [-0.4, -0.2) is 15.5 Å². The first-order valence-electron chi connectivity index (χ1n) is 1.13. The van der Waals surface area contributed by atoms with E-state index in [-0.39, 0.29) is 0 Å². The average Bonchev–Trinajstić information content (AvgIpc) is 1.33. The third kappa shape index (κ3) is 56.6. The summed E-state index contributed by atoms with van der Waals surface area (Å²) in [6.45, 7) is 0. The average molecular weight is 634 g/mol. The molecule has 0 saturated heterocycles. The zero-order valence-electron chi connectivity index (χ0n) is 3.24. The topological polar surface area (TPSA) is 49.9 Å².